The molecule has 1 aliphatic rings. The van der Waals surface area contributed by atoms with Gasteiger partial charge in [-0.2, -0.15) is 0 Å². The predicted molar refractivity (Wildman–Crippen MR) is 73.0 cm³/mol. The Morgan fingerprint density at radius 3 is 2.30 bits per heavy atom. The summed E-state index contributed by atoms with van der Waals surface area (Å²) in [6, 6.07) is 0. The van der Waals surface area contributed by atoms with Crippen LogP contribution in [0.25, 0.3) is 0 Å². The van der Waals surface area contributed by atoms with E-state index in [0.717, 1.165) is 12.8 Å². The first-order valence-electron chi connectivity index (χ1n) is 7.26. The van der Waals surface area contributed by atoms with Crippen molar-refractivity contribution in [3.05, 3.63) is 0 Å². The van der Waals surface area contributed by atoms with Crippen molar-refractivity contribution in [2.75, 3.05) is 6.67 Å². The lowest BCUT2D eigenvalue weighted by Crippen LogP contribution is -2.36. The van der Waals surface area contributed by atoms with Crippen LogP contribution in [0.15, 0.2) is 0 Å². The van der Waals surface area contributed by atoms with Crippen LogP contribution in [0.2, 0.25) is 0 Å². The topological polar surface area (TPSA) is 63.6 Å². The quantitative estimate of drug-likeness (QED) is 0.697. The molecule has 1 aliphatic carbocycles. The van der Waals surface area contributed by atoms with Gasteiger partial charge >= 0.3 is 11.9 Å². The SMILES string of the molecule is CC(C)(C)OC(=O)[C@H](CC1CC1)[C@@H](CCCF)C(=O)O. The van der Waals surface area contributed by atoms with Gasteiger partial charge in [0.05, 0.1) is 18.5 Å². The van der Waals surface area contributed by atoms with E-state index < -0.39 is 36.1 Å². The number of hydrogen-bond acceptors (Lipinski definition) is 3. The molecule has 4 nitrogen and oxygen atoms in total. The van der Waals surface area contributed by atoms with Gasteiger partial charge in [-0.1, -0.05) is 12.8 Å². The maximum Gasteiger partial charge on any atom is 0.310 e. The van der Waals surface area contributed by atoms with Gasteiger partial charge in [0.25, 0.3) is 0 Å². The van der Waals surface area contributed by atoms with Gasteiger partial charge in [0.1, 0.15) is 5.60 Å². The van der Waals surface area contributed by atoms with Crippen LogP contribution in [0.1, 0.15) is 52.9 Å². The van der Waals surface area contributed by atoms with Crippen molar-refractivity contribution in [1.82, 2.24) is 0 Å². The molecule has 0 bridgehead atoms. The summed E-state index contributed by atoms with van der Waals surface area (Å²) in [5.74, 6) is -2.59. The van der Waals surface area contributed by atoms with Gasteiger partial charge in [-0.05, 0) is 46.0 Å². The van der Waals surface area contributed by atoms with Gasteiger partial charge in [0.2, 0.25) is 0 Å². The van der Waals surface area contributed by atoms with Gasteiger partial charge in [-0.25, -0.2) is 0 Å². The lowest BCUT2D eigenvalue weighted by molar-refractivity contribution is -0.167. The molecular weight excluding hydrogens is 263 g/mol. The Morgan fingerprint density at radius 1 is 1.30 bits per heavy atom. The number of carboxylic acid groups (broad SMARTS) is 1. The van der Waals surface area contributed by atoms with Crippen LogP contribution in [0.4, 0.5) is 4.39 Å². The second-order valence-corrected chi connectivity index (χ2v) is 6.59. The van der Waals surface area contributed by atoms with Gasteiger partial charge < -0.3 is 9.84 Å². The molecule has 1 fully saturated rings. The summed E-state index contributed by atoms with van der Waals surface area (Å²) in [7, 11) is 0. The van der Waals surface area contributed by atoms with E-state index in [4.69, 9.17) is 4.74 Å². The third kappa shape index (κ3) is 5.88. The van der Waals surface area contributed by atoms with E-state index in [1.165, 1.54) is 0 Å². The van der Waals surface area contributed by atoms with Crippen LogP contribution in [0.5, 0.6) is 0 Å². The first-order valence-corrected chi connectivity index (χ1v) is 7.26. The van der Waals surface area contributed by atoms with Gasteiger partial charge in [0, 0.05) is 0 Å². The highest BCUT2D eigenvalue weighted by atomic mass is 19.1. The van der Waals surface area contributed by atoms with Crippen molar-refractivity contribution in [3.8, 4) is 0 Å². The first kappa shape index (κ1) is 16.9. The predicted octanol–water partition coefficient (Wildman–Crippen LogP) is 3.19. The number of esters is 1. The standard InChI is InChI=1S/C15H25FO4/c1-15(2,3)20-14(19)12(9-10-6-7-10)11(13(17)18)5-4-8-16/h10-12H,4-9H2,1-3H3,(H,17,18)/t11-,12-/m1/s1. The zero-order chi connectivity index (χ0) is 15.3. The minimum absolute atomic E-state index is 0.168. The Hall–Kier alpha value is -1.13. The largest absolute Gasteiger partial charge is 0.481 e. The lowest BCUT2D eigenvalue weighted by Gasteiger charge is -2.27. The summed E-state index contributed by atoms with van der Waals surface area (Å²) in [4.78, 5) is 23.6. The first-order chi connectivity index (χ1) is 9.24. The van der Waals surface area contributed by atoms with Crippen LogP contribution >= 0.6 is 0 Å². The zero-order valence-corrected chi connectivity index (χ0v) is 12.5. The van der Waals surface area contributed by atoms with Gasteiger partial charge in [0.15, 0.2) is 0 Å². The molecule has 1 N–H and O–H groups in total. The van der Waals surface area contributed by atoms with Crippen molar-refractivity contribution < 1.29 is 23.8 Å². The molecule has 116 valence electrons. The monoisotopic (exact) mass is 288 g/mol. The van der Waals surface area contributed by atoms with Gasteiger partial charge in [-0.3, -0.25) is 14.0 Å². The average molecular weight is 288 g/mol. The lowest BCUT2D eigenvalue weighted by atomic mass is 9.84. The highest BCUT2D eigenvalue weighted by Gasteiger charge is 2.39. The molecule has 0 aliphatic heterocycles. The highest BCUT2D eigenvalue weighted by Crippen LogP contribution is 2.39. The number of carbonyl (C=O) groups is 2. The molecule has 1 saturated carbocycles. The molecule has 0 radical (unpaired) electrons. The Labute approximate surface area is 119 Å². The minimum Gasteiger partial charge on any atom is -0.481 e. The highest BCUT2D eigenvalue weighted by molar-refractivity contribution is 5.81. The van der Waals surface area contributed by atoms with E-state index in [2.05, 4.69) is 0 Å². The fourth-order valence-electron chi connectivity index (χ4n) is 2.31. The molecule has 1 rings (SSSR count). The number of halogens is 1. The maximum atomic E-state index is 12.3. The van der Waals surface area contributed by atoms with E-state index in [-0.39, 0.29) is 12.8 Å². The molecule has 0 saturated heterocycles. The van der Waals surface area contributed by atoms with Crippen molar-refractivity contribution in [1.29, 1.82) is 0 Å². The van der Waals surface area contributed by atoms with E-state index in [1.54, 1.807) is 20.8 Å². The smallest absolute Gasteiger partial charge is 0.310 e. The summed E-state index contributed by atoms with van der Waals surface area (Å²) in [6.45, 7) is 4.72. The van der Waals surface area contributed by atoms with Crippen LogP contribution in [-0.4, -0.2) is 29.3 Å². The maximum absolute atomic E-state index is 12.3. The molecular formula is C15H25FO4. The number of carbonyl (C=O) groups excluding carboxylic acids is 1. The fraction of sp³-hybridized carbons (Fsp3) is 0.867. The Bertz CT molecular complexity index is 344. The average Bonchev–Trinajstić information content (AvgIpc) is 3.09. The summed E-state index contributed by atoms with van der Waals surface area (Å²) in [6.07, 6.45) is 2.96. The van der Waals surface area contributed by atoms with E-state index in [9.17, 15) is 19.1 Å². The molecule has 0 amide bonds. The van der Waals surface area contributed by atoms with Crippen LogP contribution in [0.3, 0.4) is 0 Å². The molecule has 0 heterocycles. The van der Waals surface area contributed by atoms with E-state index in [0.29, 0.717) is 12.3 Å². The number of aliphatic carboxylic acids is 1. The second-order valence-electron chi connectivity index (χ2n) is 6.59. The molecule has 0 aromatic heterocycles. The zero-order valence-electron chi connectivity index (χ0n) is 12.5. The molecule has 5 heteroatoms. The molecule has 0 spiro atoms. The number of rotatable bonds is 8. The molecule has 0 aromatic rings. The normalized spacial score (nSPS) is 18.4. The number of hydrogen-bond donors (Lipinski definition) is 1. The Balaban J connectivity index is 2.78. The van der Waals surface area contributed by atoms with Crippen LogP contribution < -0.4 is 0 Å². The van der Waals surface area contributed by atoms with Crippen molar-refractivity contribution in [3.63, 3.8) is 0 Å². The van der Waals surface area contributed by atoms with Crippen molar-refractivity contribution in [2.24, 2.45) is 17.8 Å². The Morgan fingerprint density at radius 2 is 1.90 bits per heavy atom. The number of carboxylic acids is 1. The summed E-state index contributed by atoms with van der Waals surface area (Å²) >= 11 is 0. The fourth-order valence-corrected chi connectivity index (χ4v) is 2.31. The second kappa shape index (κ2) is 7.04. The van der Waals surface area contributed by atoms with E-state index >= 15 is 0 Å². The van der Waals surface area contributed by atoms with Gasteiger partial charge in [-0.15, -0.1) is 0 Å². The number of ether oxygens (including phenoxy) is 1. The van der Waals surface area contributed by atoms with Crippen LogP contribution in [-0.2, 0) is 14.3 Å². The van der Waals surface area contributed by atoms with Crippen molar-refractivity contribution in [2.45, 2.75) is 58.5 Å². The third-order valence-corrected chi connectivity index (χ3v) is 3.45. The van der Waals surface area contributed by atoms with E-state index in [1.807, 2.05) is 0 Å². The third-order valence-electron chi connectivity index (χ3n) is 3.45. The van der Waals surface area contributed by atoms with Crippen LogP contribution in [0, 0.1) is 17.8 Å². The van der Waals surface area contributed by atoms with Crippen molar-refractivity contribution >= 4 is 11.9 Å². The summed E-state index contributed by atoms with van der Waals surface area (Å²) < 4.78 is 17.7. The molecule has 2 atom stereocenters. The Kier molecular flexibility index (Phi) is 5.96. The number of alkyl halides is 1. The molecule has 20 heavy (non-hydrogen) atoms. The summed E-state index contributed by atoms with van der Waals surface area (Å²) in [5.41, 5.74) is -0.637. The molecule has 0 aromatic carbocycles. The minimum atomic E-state index is -1.03. The summed E-state index contributed by atoms with van der Waals surface area (Å²) in [5, 5.41) is 9.32. The molecule has 0 unspecified atom stereocenters.